The van der Waals surface area contributed by atoms with E-state index in [0.29, 0.717) is 0 Å². The van der Waals surface area contributed by atoms with Crippen LogP contribution >= 0.6 is 0 Å². The number of aliphatic carboxylic acids is 3. The van der Waals surface area contributed by atoms with Crippen LogP contribution < -0.4 is 15.3 Å². The average Bonchev–Trinajstić information content (AvgIpc) is 1.81. The third-order valence-corrected chi connectivity index (χ3v) is 0.940. The number of hydrogen-bond donors (Lipinski definition) is 0. The Morgan fingerprint density at radius 3 is 1.45 bits per heavy atom. The Hall–Kier alpha value is -1.59. The molecule has 0 amide bonds. The molecule has 0 aromatic carbocycles. The average molecular weight is 159 g/mol. The molecule has 0 fully saturated rings. The predicted molar refractivity (Wildman–Crippen MR) is 23.1 cm³/mol. The largest absolute Gasteiger partial charge is 0.550 e. The van der Waals surface area contributed by atoms with E-state index in [2.05, 4.69) is 0 Å². The van der Waals surface area contributed by atoms with Crippen LogP contribution in [0.3, 0.4) is 0 Å². The molecule has 0 aliphatic heterocycles. The van der Waals surface area contributed by atoms with Crippen molar-refractivity contribution < 1.29 is 29.7 Å². The SMILES string of the molecule is O=C([O-])CC(C(=O)[O-])C(=O)[O-]. The number of rotatable bonds is 4. The molecule has 0 aliphatic carbocycles. The first kappa shape index (κ1) is 9.41. The van der Waals surface area contributed by atoms with Crippen LogP contribution in [0.25, 0.3) is 0 Å². The van der Waals surface area contributed by atoms with Crippen molar-refractivity contribution in [2.24, 2.45) is 5.92 Å². The third kappa shape index (κ3) is 3.19. The third-order valence-electron chi connectivity index (χ3n) is 0.940. The van der Waals surface area contributed by atoms with E-state index in [1.54, 1.807) is 0 Å². The summed E-state index contributed by atoms with van der Waals surface area (Å²) in [5, 5.41) is 29.4. The molecule has 0 bridgehead atoms. The number of carbonyl (C=O) groups is 3. The molecule has 0 aliphatic rings. The fourth-order valence-corrected chi connectivity index (χ4v) is 0.430. The van der Waals surface area contributed by atoms with Crippen molar-refractivity contribution >= 4 is 17.9 Å². The zero-order chi connectivity index (χ0) is 9.02. The lowest BCUT2D eigenvalue weighted by molar-refractivity contribution is -0.337. The van der Waals surface area contributed by atoms with Crippen LogP contribution in [0.15, 0.2) is 0 Å². The van der Waals surface area contributed by atoms with Gasteiger partial charge in [-0.3, -0.25) is 0 Å². The molecule has 62 valence electrons. The summed E-state index contributed by atoms with van der Waals surface area (Å²) in [7, 11) is 0. The number of carboxylic acid groups (broad SMARTS) is 3. The lowest BCUT2D eigenvalue weighted by atomic mass is 10.1. The minimum atomic E-state index is -2.14. The van der Waals surface area contributed by atoms with E-state index in [9.17, 15) is 29.7 Å². The van der Waals surface area contributed by atoms with E-state index in [1.807, 2.05) is 0 Å². The molecule has 0 heterocycles. The Balaban J connectivity index is 4.23. The normalized spacial score (nSPS) is 9.55. The van der Waals surface area contributed by atoms with Crippen molar-refractivity contribution in [3.05, 3.63) is 0 Å². The molecule has 0 N–H and O–H groups in total. The Labute approximate surface area is 61.1 Å². The van der Waals surface area contributed by atoms with Crippen LogP contribution in [0.1, 0.15) is 6.42 Å². The van der Waals surface area contributed by atoms with Crippen LogP contribution in [0, 0.1) is 5.92 Å². The molecule has 0 saturated heterocycles. The first-order chi connectivity index (χ1) is 4.95. The molecule has 0 rings (SSSR count). The van der Waals surface area contributed by atoms with E-state index in [0.717, 1.165) is 0 Å². The second-order valence-corrected chi connectivity index (χ2v) is 1.77. The molecule has 6 nitrogen and oxygen atoms in total. The second kappa shape index (κ2) is 3.55. The Morgan fingerprint density at radius 1 is 1.00 bits per heavy atom. The molecule has 11 heavy (non-hydrogen) atoms. The summed E-state index contributed by atoms with van der Waals surface area (Å²) < 4.78 is 0. The van der Waals surface area contributed by atoms with Crippen molar-refractivity contribution in [1.29, 1.82) is 0 Å². The van der Waals surface area contributed by atoms with E-state index in [4.69, 9.17) is 0 Å². The van der Waals surface area contributed by atoms with Crippen molar-refractivity contribution in [2.75, 3.05) is 0 Å². The zero-order valence-corrected chi connectivity index (χ0v) is 5.23. The van der Waals surface area contributed by atoms with Crippen LogP contribution in [0.5, 0.6) is 0 Å². The molecule has 0 radical (unpaired) electrons. The van der Waals surface area contributed by atoms with Gasteiger partial charge in [-0.15, -0.1) is 0 Å². The first-order valence-corrected chi connectivity index (χ1v) is 2.56. The summed E-state index contributed by atoms with van der Waals surface area (Å²) in [4.78, 5) is 29.4. The highest BCUT2D eigenvalue weighted by Crippen LogP contribution is 1.98. The predicted octanol–water partition coefficient (Wildman–Crippen LogP) is -4.76. The van der Waals surface area contributed by atoms with Crippen LogP contribution in [0.4, 0.5) is 0 Å². The molecular weight excluding hydrogens is 156 g/mol. The van der Waals surface area contributed by atoms with E-state index >= 15 is 0 Å². The van der Waals surface area contributed by atoms with Crippen molar-refractivity contribution in [1.82, 2.24) is 0 Å². The number of carboxylic acids is 3. The minimum absolute atomic E-state index is 1.13. The van der Waals surface area contributed by atoms with Gasteiger partial charge in [0.25, 0.3) is 0 Å². The maximum Gasteiger partial charge on any atom is 0.0505 e. The van der Waals surface area contributed by atoms with Crippen molar-refractivity contribution in [3.63, 3.8) is 0 Å². The molecule has 0 aromatic heterocycles. The highest BCUT2D eigenvalue weighted by atomic mass is 16.4. The van der Waals surface area contributed by atoms with Gasteiger partial charge in [0.2, 0.25) is 0 Å². The second-order valence-electron chi connectivity index (χ2n) is 1.77. The summed E-state index contributed by atoms with van der Waals surface area (Å²) in [5.74, 6) is -7.90. The van der Waals surface area contributed by atoms with Gasteiger partial charge in [0, 0.05) is 18.3 Å². The zero-order valence-electron chi connectivity index (χ0n) is 5.23. The van der Waals surface area contributed by atoms with E-state index < -0.39 is 30.2 Å². The lowest BCUT2D eigenvalue weighted by Crippen LogP contribution is -2.46. The Morgan fingerprint density at radius 2 is 1.36 bits per heavy atom. The quantitative estimate of drug-likeness (QED) is 0.379. The fraction of sp³-hybridized carbons (Fsp3) is 0.400. The van der Waals surface area contributed by atoms with E-state index in [1.165, 1.54) is 0 Å². The lowest BCUT2D eigenvalue weighted by Gasteiger charge is -2.18. The van der Waals surface area contributed by atoms with Gasteiger partial charge < -0.3 is 29.7 Å². The van der Waals surface area contributed by atoms with Gasteiger partial charge in [-0.2, -0.15) is 0 Å². The molecule has 0 aromatic rings. The topological polar surface area (TPSA) is 120 Å². The van der Waals surface area contributed by atoms with Gasteiger partial charge in [0.15, 0.2) is 0 Å². The molecule has 0 atom stereocenters. The van der Waals surface area contributed by atoms with Crippen molar-refractivity contribution in [3.8, 4) is 0 Å². The van der Waals surface area contributed by atoms with Gasteiger partial charge in [-0.1, -0.05) is 0 Å². The highest BCUT2D eigenvalue weighted by Gasteiger charge is 2.10. The van der Waals surface area contributed by atoms with Gasteiger partial charge in [0.1, 0.15) is 0 Å². The van der Waals surface area contributed by atoms with Crippen molar-refractivity contribution in [2.45, 2.75) is 6.42 Å². The van der Waals surface area contributed by atoms with Gasteiger partial charge in [0.05, 0.1) is 11.9 Å². The summed E-state index contributed by atoms with van der Waals surface area (Å²) in [6.07, 6.45) is -1.13. The summed E-state index contributed by atoms with van der Waals surface area (Å²) >= 11 is 0. The van der Waals surface area contributed by atoms with Crippen LogP contribution in [0.2, 0.25) is 0 Å². The van der Waals surface area contributed by atoms with Gasteiger partial charge >= 0.3 is 0 Å². The number of carbonyl (C=O) groups excluding carboxylic acids is 3. The summed E-state index contributed by atoms with van der Waals surface area (Å²) in [6.45, 7) is 0. The molecule has 0 unspecified atom stereocenters. The van der Waals surface area contributed by atoms with E-state index in [-0.39, 0.29) is 0 Å². The number of hydrogen-bond acceptors (Lipinski definition) is 6. The molecular formula is C5H3O6-3. The maximum absolute atomic E-state index is 9.85. The smallest absolute Gasteiger partial charge is 0.0505 e. The standard InChI is InChI=1S/C5H6O6/c6-3(7)1-2(4(8)9)5(10)11/h2H,1H2,(H,6,7)(H,8,9)(H,10,11)/p-3. The highest BCUT2D eigenvalue weighted by molar-refractivity contribution is 5.93. The fourth-order valence-electron chi connectivity index (χ4n) is 0.430. The van der Waals surface area contributed by atoms with Gasteiger partial charge in [-0.25, -0.2) is 0 Å². The maximum atomic E-state index is 9.85. The molecule has 0 spiro atoms. The molecule has 6 heteroatoms. The monoisotopic (exact) mass is 159 g/mol. The van der Waals surface area contributed by atoms with Gasteiger partial charge in [-0.05, 0) is 0 Å². The summed E-state index contributed by atoms with van der Waals surface area (Å²) in [5.41, 5.74) is 0. The first-order valence-electron chi connectivity index (χ1n) is 2.56. The summed E-state index contributed by atoms with van der Waals surface area (Å²) in [6, 6.07) is 0. The Kier molecular flexibility index (Phi) is 3.03. The van der Waals surface area contributed by atoms with Crippen LogP contribution in [-0.4, -0.2) is 17.9 Å². The minimum Gasteiger partial charge on any atom is -0.550 e. The Bertz CT molecular complexity index is 181. The molecule has 0 saturated carbocycles. The van der Waals surface area contributed by atoms with Crippen LogP contribution in [-0.2, 0) is 14.4 Å².